The van der Waals surface area contributed by atoms with Crippen molar-refractivity contribution in [3.05, 3.63) is 79.6 Å². The van der Waals surface area contributed by atoms with Crippen LogP contribution >= 0.6 is 23.2 Å². The summed E-state index contributed by atoms with van der Waals surface area (Å²) in [5.74, 6) is 0.749. The van der Waals surface area contributed by atoms with E-state index in [1.165, 1.54) is 0 Å². The zero-order chi connectivity index (χ0) is 21.5. The summed E-state index contributed by atoms with van der Waals surface area (Å²) in [6.45, 7) is 8.33. The van der Waals surface area contributed by atoms with Gasteiger partial charge in [0.25, 0.3) is 5.56 Å². The van der Waals surface area contributed by atoms with Crippen LogP contribution in [0.25, 0.3) is 11.3 Å². The molecule has 0 amide bonds. The van der Waals surface area contributed by atoms with Gasteiger partial charge in [-0.2, -0.15) is 0 Å². The molecule has 156 valence electrons. The van der Waals surface area contributed by atoms with Gasteiger partial charge in [0, 0.05) is 43.2 Å². The Morgan fingerprint density at radius 1 is 1.17 bits per heavy atom. The van der Waals surface area contributed by atoms with Gasteiger partial charge in [-0.25, -0.2) is 4.98 Å². The third-order valence-electron chi connectivity index (χ3n) is 5.32. The highest BCUT2D eigenvalue weighted by Crippen LogP contribution is 2.32. The Morgan fingerprint density at radius 2 is 1.97 bits per heavy atom. The first kappa shape index (κ1) is 21.0. The van der Waals surface area contributed by atoms with E-state index in [0.717, 1.165) is 53.4 Å². The Kier molecular flexibility index (Phi) is 5.71. The fraction of sp³-hybridized carbons (Fsp3) is 0.348. The molecule has 3 heterocycles. The molecular formula is C23H24Cl2N4O. The molecule has 0 atom stereocenters. The minimum Gasteiger partial charge on any atom is -0.310 e. The topological polar surface area (TPSA) is 61.9 Å². The van der Waals surface area contributed by atoms with Crippen molar-refractivity contribution in [2.45, 2.75) is 45.7 Å². The van der Waals surface area contributed by atoms with Crippen molar-refractivity contribution in [1.29, 1.82) is 0 Å². The molecular weight excluding hydrogens is 419 g/mol. The maximum Gasteiger partial charge on any atom is 0.255 e. The lowest BCUT2D eigenvalue weighted by Gasteiger charge is -2.28. The van der Waals surface area contributed by atoms with Crippen LogP contribution in [-0.4, -0.2) is 26.4 Å². The van der Waals surface area contributed by atoms with E-state index in [-0.39, 0.29) is 11.0 Å². The minimum absolute atomic E-state index is 0.0290. The van der Waals surface area contributed by atoms with E-state index in [4.69, 9.17) is 28.2 Å². The molecule has 0 spiro atoms. The zero-order valence-corrected chi connectivity index (χ0v) is 18.8. The summed E-state index contributed by atoms with van der Waals surface area (Å²) in [6, 6.07) is 9.52. The maximum atomic E-state index is 12.6. The van der Waals surface area contributed by atoms with Crippen molar-refractivity contribution < 1.29 is 0 Å². The highest BCUT2D eigenvalue weighted by molar-refractivity contribution is 6.43. The van der Waals surface area contributed by atoms with Gasteiger partial charge in [-0.3, -0.25) is 14.7 Å². The van der Waals surface area contributed by atoms with E-state index in [2.05, 4.69) is 35.6 Å². The van der Waals surface area contributed by atoms with Gasteiger partial charge in [0.2, 0.25) is 0 Å². The Hall–Kier alpha value is -2.21. The molecule has 0 bridgehead atoms. The first-order valence-electron chi connectivity index (χ1n) is 9.96. The summed E-state index contributed by atoms with van der Waals surface area (Å²) >= 11 is 12.4. The molecule has 0 radical (unpaired) electrons. The molecule has 1 aliphatic heterocycles. The number of H-pyrrole nitrogens is 1. The molecule has 5 nitrogen and oxygen atoms in total. The third-order valence-corrected chi connectivity index (χ3v) is 6.14. The standard InChI is InChI=1S/C23H24Cl2N4O/c1-23(2,3)22-27-19-9-10-29(13-16(19)21(30)28-22)12-14-7-8-18(26-11-14)15-5-4-6-17(24)20(15)25/h4-8,11H,9-10,12-13H2,1-3H3,(H,27,28,30). The summed E-state index contributed by atoms with van der Waals surface area (Å²) < 4.78 is 0. The Labute approximate surface area is 186 Å². The zero-order valence-electron chi connectivity index (χ0n) is 17.3. The number of rotatable bonds is 3. The minimum atomic E-state index is -0.176. The largest absolute Gasteiger partial charge is 0.310 e. The van der Waals surface area contributed by atoms with Crippen LogP contribution in [0.1, 0.15) is 43.4 Å². The van der Waals surface area contributed by atoms with Crippen LogP contribution in [-0.2, 0) is 24.9 Å². The summed E-state index contributed by atoms with van der Waals surface area (Å²) in [5, 5.41) is 1.02. The third kappa shape index (κ3) is 4.29. The number of aromatic amines is 1. The number of benzene rings is 1. The number of fused-ring (bicyclic) bond motifs is 1. The number of aromatic nitrogens is 3. The lowest BCUT2D eigenvalue weighted by atomic mass is 9.95. The van der Waals surface area contributed by atoms with E-state index in [1.54, 1.807) is 6.07 Å². The number of hydrogen-bond donors (Lipinski definition) is 1. The average molecular weight is 443 g/mol. The second-order valence-corrected chi connectivity index (χ2v) is 9.49. The second kappa shape index (κ2) is 8.14. The van der Waals surface area contributed by atoms with Gasteiger partial charge in [-0.1, -0.05) is 62.2 Å². The lowest BCUT2D eigenvalue weighted by molar-refractivity contribution is 0.240. The van der Waals surface area contributed by atoms with Crippen LogP contribution in [0.5, 0.6) is 0 Å². The summed E-state index contributed by atoms with van der Waals surface area (Å²) in [4.78, 5) is 27.1. The first-order chi connectivity index (χ1) is 14.2. The predicted molar refractivity (Wildman–Crippen MR) is 121 cm³/mol. The number of hydrogen-bond acceptors (Lipinski definition) is 4. The Bertz CT molecular complexity index is 1130. The molecule has 0 saturated carbocycles. The summed E-state index contributed by atoms with van der Waals surface area (Å²) in [7, 11) is 0. The fourth-order valence-corrected chi connectivity index (χ4v) is 4.01. The molecule has 7 heteroatoms. The smallest absolute Gasteiger partial charge is 0.255 e. The van der Waals surface area contributed by atoms with E-state index < -0.39 is 0 Å². The van der Waals surface area contributed by atoms with E-state index in [0.29, 0.717) is 16.6 Å². The van der Waals surface area contributed by atoms with Crippen molar-refractivity contribution in [3.8, 4) is 11.3 Å². The molecule has 1 aromatic carbocycles. The van der Waals surface area contributed by atoms with Crippen molar-refractivity contribution >= 4 is 23.2 Å². The summed E-state index contributed by atoms with van der Waals surface area (Å²) in [6.07, 6.45) is 2.62. The van der Waals surface area contributed by atoms with Gasteiger partial charge in [-0.05, 0) is 17.7 Å². The van der Waals surface area contributed by atoms with Gasteiger partial charge in [0.1, 0.15) is 5.82 Å². The Morgan fingerprint density at radius 3 is 2.67 bits per heavy atom. The molecule has 4 rings (SSSR count). The van der Waals surface area contributed by atoms with Crippen molar-refractivity contribution in [2.24, 2.45) is 0 Å². The van der Waals surface area contributed by atoms with Gasteiger partial charge in [0.05, 0.1) is 27.0 Å². The van der Waals surface area contributed by atoms with E-state index in [1.807, 2.05) is 30.5 Å². The normalized spacial score (nSPS) is 14.6. The lowest BCUT2D eigenvalue weighted by Crippen LogP contribution is -2.37. The average Bonchev–Trinajstić information content (AvgIpc) is 2.70. The number of nitrogens with zero attached hydrogens (tertiary/aromatic N) is 3. The highest BCUT2D eigenvalue weighted by Gasteiger charge is 2.24. The molecule has 0 aliphatic carbocycles. The van der Waals surface area contributed by atoms with Crippen molar-refractivity contribution in [2.75, 3.05) is 6.54 Å². The van der Waals surface area contributed by atoms with Crippen LogP contribution < -0.4 is 5.56 Å². The second-order valence-electron chi connectivity index (χ2n) is 8.70. The molecule has 1 N–H and O–H groups in total. The fourth-order valence-electron chi connectivity index (χ4n) is 3.61. The Balaban J connectivity index is 1.50. The van der Waals surface area contributed by atoms with Crippen LogP contribution in [0.15, 0.2) is 41.3 Å². The van der Waals surface area contributed by atoms with Gasteiger partial charge in [0.15, 0.2) is 0 Å². The van der Waals surface area contributed by atoms with Crippen LogP contribution in [0.3, 0.4) is 0 Å². The number of halogens is 2. The van der Waals surface area contributed by atoms with Crippen LogP contribution in [0.4, 0.5) is 0 Å². The van der Waals surface area contributed by atoms with E-state index in [9.17, 15) is 4.79 Å². The summed E-state index contributed by atoms with van der Waals surface area (Å²) in [5.41, 5.74) is 4.16. The molecule has 3 aromatic rings. The molecule has 0 unspecified atom stereocenters. The van der Waals surface area contributed by atoms with Crippen molar-refractivity contribution in [1.82, 2.24) is 19.9 Å². The molecule has 1 aliphatic rings. The van der Waals surface area contributed by atoms with Gasteiger partial charge in [-0.15, -0.1) is 0 Å². The number of pyridine rings is 1. The quantitative estimate of drug-likeness (QED) is 0.619. The van der Waals surface area contributed by atoms with Gasteiger partial charge >= 0.3 is 0 Å². The van der Waals surface area contributed by atoms with E-state index >= 15 is 0 Å². The van der Waals surface area contributed by atoms with Crippen LogP contribution in [0, 0.1) is 0 Å². The highest BCUT2D eigenvalue weighted by atomic mass is 35.5. The molecule has 0 fully saturated rings. The SMILES string of the molecule is CC(C)(C)c1nc2c(c(=O)[nH]1)CN(Cc1ccc(-c3cccc(Cl)c3Cl)nc1)CC2. The number of nitrogens with one attached hydrogen (secondary N) is 1. The maximum absolute atomic E-state index is 12.6. The van der Waals surface area contributed by atoms with Crippen LogP contribution in [0.2, 0.25) is 10.0 Å². The van der Waals surface area contributed by atoms with Crippen molar-refractivity contribution in [3.63, 3.8) is 0 Å². The van der Waals surface area contributed by atoms with Gasteiger partial charge < -0.3 is 4.98 Å². The first-order valence-corrected chi connectivity index (χ1v) is 10.7. The monoisotopic (exact) mass is 442 g/mol. The molecule has 0 saturated heterocycles. The molecule has 30 heavy (non-hydrogen) atoms. The molecule has 2 aromatic heterocycles. The predicted octanol–water partition coefficient (Wildman–Crippen LogP) is 4.99.